The van der Waals surface area contributed by atoms with Crippen molar-refractivity contribution in [1.82, 2.24) is 5.32 Å². The lowest BCUT2D eigenvalue weighted by molar-refractivity contribution is 0.145. The molecule has 0 bridgehead atoms. The highest BCUT2D eigenvalue weighted by Gasteiger charge is 1.99. The van der Waals surface area contributed by atoms with Crippen molar-refractivity contribution in [2.45, 2.75) is 6.61 Å². The minimum Gasteiger partial charge on any atom is -0.444 e. The lowest BCUT2D eigenvalue weighted by Crippen LogP contribution is -2.22. The number of nitrogens with zero attached hydrogens (tertiary/aromatic N) is 1. The van der Waals surface area contributed by atoms with Gasteiger partial charge in [-0.1, -0.05) is 35.5 Å². The molecule has 14 heavy (non-hydrogen) atoms. The molecular weight excluding hydrogens is 184 g/mol. The maximum atomic E-state index is 10.8. The first kappa shape index (κ1) is 10.0. The summed E-state index contributed by atoms with van der Waals surface area (Å²) in [6.45, 7) is 0.186. The van der Waals surface area contributed by atoms with Crippen LogP contribution in [-0.2, 0) is 11.3 Å². The van der Waals surface area contributed by atoms with Crippen molar-refractivity contribution in [3.8, 4) is 0 Å². The van der Waals surface area contributed by atoms with Crippen LogP contribution in [0, 0.1) is 0 Å². The summed E-state index contributed by atoms with van der Waals surface area (Å²) in [5.74, 6) is 0. The fourth-order valence-corrected chi connectivity index (χ4v) is 0.846. The average Bonchev–Trinajstić information content (AvgIpc) is 2.25. The standard InChI is InChI=1S/C9H10N2O3/c12-9(10-7-11-13)14-6-8-4-2-1-3-5-8/h1-5,7,13H,6H2,(H,10,11,12). The van der Waals surface area contributed by atoms with Crippen molar-refractivity contribution in [2.75, 3.05) is 0 Å². The fourth-order valence-electron chi connectivity index (χ4n) is 0.846. The van der Waals surface area contributed by atoms with Crippen LogP contribution in [0.5, 0.6) is 0 Å². The van der Waals surface area contributed by atoms with Crippen LogP contribution in [0.4, 0.5) is 4.79 Å². The fraction of sp³-hybridized carbons (Fsp3) is 0.111. The molecule has 0 aliphatic carbocycles. The third-order valence-electron chi connectivity index (χ3n) is 1.45. The smallest absolute Gasteiger partial charge is 0.412 e. The van der Waals surface area contributed by atoms with Gasteiger partial charge in [-0.25, -0.2) is 4.79 Å². The predicted octanol–water partition coefficient (Wildman–Crippen LogP) is 1.33. The number of alkyl carbamates (subject to hydrolysis) is 1. The van der Waals surface area contributed by atoms with E-state index in [9.17, 15) is 4.79 Å². The minimum absolute atomic E-state index is 0.186. The molecule has 1 rings (SSSR count). The van der Waals surface area contributed by atoms with Gasteiger partial charge < -0.3 is 9.94 Å². The normalized spacial score (nSPS) is 10.0. The van der Waals surface area contributed by atoms with Gasteiger partial charge in [0.15, 0.2) is 0 Å². The van der Waals surface area contributed by atoms with Gasteiger partial charge in [-0.3, -0.25) is 5.32 Å². The van der Waals surface area contributed by atoms with E-state index in [1.807, 2.05) is 30.3 Å². The first-order valence-corrected chi connectivity index (χ1v) is 3.96. The summed E-state index contributed by atoms with van der Waals surface area (Å²) >= 11 is 0. The van der Waals surface area contributed by atoms with Crippen molar-refractivity contribution in [2.24, 2.45) is 5.16 Å². The molecule has 0 aromatic heterocycles. The zero-order chi connectivity index (χ0) is 10.2. The molecule has 1 amide bonds. The number of carbonyl (C=O) groups is 1. The Labute approximate surface area is 81.0 Å². The van der Waals surface area contributed by atoms with Gasteiger partial charge in [0.25, 0.3) is 0 Å². The number of carbonyl (C=O) groups excluding carboxylic acids is 1. The van der Waals surface area contributed by atoms with E-state index >= 15 is 0 Å². The first-order chi connectivity index (χ1) is 6.83. The van der Waals surface area contributed by atoms with Crippen LogP contribution >= 0.6 is 0 Å². The van der Waals surface area contributed by atoms with Crippen molar-refractivity contribution >= 4 is 12.4 Å². The summed E-state index contributed by atoms with van der Waals surface area (Å²) < 4.78 is 4.78. The maximum Gasteiger partial charge on any atom is 0.412 e. The second kappa shape index (κ2) is 5.58. The maximum absolute atomic E-state index is 10.8. The topological polar surface area (TPSA) is 70.9 Å². The molecule has 0 saturated carbocycles. The summed E-state index contributed by atoms with van der Waals surface area (Å²) in [7, 11) is 0. The zero-order valence-electron chi connectivity index (χ0n) is 7.38. The monoisotopic (exact) mass is 194 g/mol. The highest BCUT2D eigenvalue weighted by atomic mass is 16.5. The van der Waals surface area contributed by atoms with Crippen LogP contribution in [0.15, 0.2) is 35.5 Å². The Morgan fingerprint density at radius 3 is 2.86 bits per heavy atom. The van der Waals surface area contributed by atoms with Crippen LogP contribution < -0.4 is 5.32 Å². The van der Waals surface area contributed by atoms with Crippen molar-refractivity contribution in [1.29, 1.82) is 0 Å². The quantitative estimate of drug-likeness (QED) is 0.330. The third kappa shape index (κ3) is 3.57. The molecule has 74 valence electrons. The van der Waals surface area contributed by atoms with Gasteiger partial charge in [-0.15, -0.1) is 0 Å². The molecule has 0 unspecified atom stereocenters. The van der Waals surface area contributed by atoms with E-state index in [1.54, 1.807) is 0 Å². The van der Waals surface area contributed by atoms with Crippen LogP contribution in [0.25, 0.3) is 0 Å². The Balaban J connectivity index is 2.31. The average molecular weight is 194 g/mol. The highest BCUT2D eigenvalue weighted by molar-refractivity contribution is 5.81. The third-order valence-corrected chi connectivity index (χ3v) is 1.45. The minimum atomic E-state index is -0.661. The van der Waals surface area contributed by atoms with Gasteiger partial charge in [-0.2, -0.15) is 0 Å². The van der Waals surface area contributed by atoms with Crippen LogP contribution in [0.1, 0.15) is 5.56 Å². The van der Waals surface area contributed by atoms with Crippen molar-refractivity contribution < 1.29 is 14.7 Å². The number of oxime groups is 1. The first-order valence-electron chi connectivity index (χ1n) is 3.96. The van der Waals surface area contributed by atoms with Gasteiger partial charge in [0.05, 0.1) is 0 Å². The molecule has 1 aromatic rings. The highest BCUT2D eigenvalue weighted by Crippen LogP contribution is 1.99. The Morgan fingerprint density at radius 2 is 2.21 bits per heavy atom. The SMILES string of the molecule is O=C(NC=NO)OCc1ccccc1. The molecular formula is C9H10N2O3. The lowest BCUT2D eigenvalue weighted by atomic mass is 10.2. The van der Waals surface area contributed by atoms with E-state index in [2.05, 4.69) is 10.5 Å². The van der Waals surface area contributed by atoms with E-state index in [-0.39, 0.29) is 6.61 Å². The van der Waals surface area contributed by atoms with Gasteiger partial charge in [0.1, 0.15) is 12.9 Å². The summed E-state index contributed by atoms with van der Waals surface area (Å²) in [5.41, 5.74) is 0.892. The molecule has 0 aliphatic heterocycles. The molecule has 5 nitrogen and oxygen atoms in total. The van der Waals surface area contributed by atoms with E-state index in [0.717, 1.165) is 11.9 Å². The van der Waals surface area contributed by atoms with Crippen LogP contribution in [0.3, 0.4) is 0 Å². The molecule has 1 aromatic carbocycles. The van der Waals surface area contributed by atoms with Crippen LogP contribution in [0.2, 0.25) is 0 Å². The molecule has 0 spiro atoms. The molecule has 0 aliphatic rings. The number of rotatable bonds is 3. The summed E-state index contributed by atoms with van der Waals surface area (Å²) in [4.78, 5) is 10.8. The van der Waals surface area contributed by atoms with Gasteiger partial charge in [-0.05, 0) is 5.56 Å². The largest absolute Gasteiger partial charge is 0.444 e. The Morgan fingerprint density at radius 1 is 1.50 bits per heavy atom. The second-order valence-electron chi connectivity index (χ2n) is 2.45. The zero-order valence-corrected chi connectivity index (χ0v) is 7.38. The number of ether oxygens (including phenoxy) is 1. The number of amides is 1. The van der Waals surface area contributed by atoms with Gasteiger partial charge >= 0.3 is 6.09 Å². The molecule has 0 atom stereocenters. The number of hydrogen-bond donors (Lipinski definition) is 2. The van der Waals surface area contributed by atoms with Gasteiger partial charge in [0.2, 0.25) is 0 Å². The Bertz CT molecular complexity index is 311. The van der Waals surface area contributed by atoms with E-state index in [1.165, 1.54) is 0 Å². The molecule has 5 heteroatoms. The molecule has 0 fully saturated rings. The lowest BCUT2D eigenvalue weighted by Gasteiger charge is -2.02. The van der Waals surface area contributed by atoms with Crippen molar-refractivity contribution in [3.63, 3.8) is 0 Å². The molecule has 0 heterocycles. The van der Waals surface area contributed by atoms with E-state index in [4.69, 9.17) is 9.94 Å². The summed E-state index contributed by atoms with van der Waals surface area (Å²) in [6.07, 6.45) is 0.180. The molecule has 0 saturated heterocycles. The van der Waals surface area contributed by atoms with Crippen LogP contribution in [-0.4, -0.2) is 17.6 Å². The molecule has 0 radical (unpaired) electrons. The second-order valence-corrected chi connectivity index (χ2v) is 2.45. The van der Waals surface area contributed by atoms with E-state index in [0.29, 0.717) is 0 Å². The number of hydrogen-bond acceptors (Lipinski definition) is 4. The summed E-state index contributed by atoms with van der Waals surface area (Å²) in [6, 6.07) is 9.26. The number of benzene rings is 1. The van der Waals surface area contributed by atoms with E-state index < -0.39 is 6.09 Å². The Kier molecular flexibility index (Phi) is 4.00. The van der Waals surface area contributed by atoms with Crippen molar-refractivity contribution in [3.05, 3.63) is 35.9 Å². The Hall–Kier alpha value is -2.04. The predicted molar refractivity (Wildman–Crippen MR) is 50.0 cm³/mol. The molecule has 2 N–H and O–H groups in total. The number of nitrogens with one attached hydrogen (secondary N) is 1. The summed E-state index contributed by atoms with van der Waals surface area (Å²) in [5, 5.41) is 12.7. The van der Waals surface area contributed by atoms with Gasteiger partial charge in [0, 0.05) is 0 Å².